The molecule has 4 rings (SSSR count). The van der Waals surface area contributed by atoms with Crippen molar-refractivity contribution < 1.29 is 18.8 Å². The first-order valence-electron chi connectivity index (χ1n) is 12.7. The Labute approximate surface area is 194 Å². The van der Waals surface area contributed by atoms with E-state index < -0.39 is 0 Å². The van der Waals surface area contributed by atoms with Crippen molar-refractivity contribution in [2.45, 2.75) is 104 Å². The van der Waals surface area contributed by atoms with E-state index >= 15 is 0 Å². The van der Waals surface area contributed by atoms with E-state index in [1.807, 2.05) is 0 Å². The van der Waals surface area contributed by atoms with Gasteiger partial charge in [-0.05, 0) is 124 Å². The third-order valence-corrected chi connectivity index (χ3v) is 11.1. The van der Waals surface area contributed by atoms with Gasteiger partial charge in [0.05, 0.1) is 6.10 Å². The van der Waals surface area contributed by atoms with Crippen LogP contribution in [0.5, 0.6) is 0 Å². The first kappa shape index (κ1) is 24.1. The molecule has 4 nitrogen and oxygen atoms in total. The SMILES string of the molecule is C=C(C)CCC(C)C1CCC2[C@@H]3CCC4C[C@@H](OSOOO)CC[C@]4(C)C3CC[C@]12C. The molecule has 5 heteroatoms. The topological polar surface area (TPSA) is 47.9 Å². The molecule has 0 aliphatic heterocycles. The Morgan fingerprint density at radius 3 is 2.55 bits per heavy atom. The molecule has 4 fully saturated rings. The van der Waals surface area contributed by atoms with E-state index in [0.29, 0.717) is 10.8 Å². The lowest BCUT2D eigenvalue weighted by atomic mass is 9.44. The molecule has 31 heavy (non-hydrogen) atoms. The normalized spacial score (nSPS) is 45.5. The standard InChI is InChI=1S/C26H44O4S/c1-17(2)6-7-18(3)22-10-11-23-21-9-8-19-16-20(28-31-30-29-27)12-14-25(19,4)24(21)13-15-26(22,23)5/h18-24,27H,1,6-16H2,2-5H3/t18?,19?,20-,21-,22?,23?,24?,25-,26+/m0/s1. The van der Waals surface area contributed by atoms with E-state index in [1.165, 1.54) is 63.4 Å². The predicted octanol–water partition coefficient (Wildman–Crippen LogP) is 8.01. The van der Waals surface area contributed by atoms with Gasteiger partial charge >= 0.3 is 0 Å². The summed E-state index contributed by atoms with van der Waals surface area (Å²) >= 11 is 0.764. The molecule has 0 heterocycles. The summed E-state index contributed by atoms with van der Waals surface area (Å²) in [6.45, 7) is 14.1. The Morgan fingerprint density at radius 2 is 1.81 bits per heavy atom. The molecule has 1 N–H and O–H groups in total. The average molecular weight is 453 g/mol. The number of allylic oxidation sites excluding steroid dienone is 1. The fourth-order valence-electron chi connectivity index (χ4n) is 9.04. The molecule has 178 valence electrons. The van der Waals surface area contributed by atoms with Gasteiger partial charge < -0.3 is 0 Å². The van der Waals surface area contributed by atoms with Crippen LogP contribution in [-0.2, 0) is 13.6 Å². The predicted molar refractivity (Wildman–Crippen MR) is 126 cm³/mol. The summed E-state index contributed by atoms with van der Waals surface area (Å²) in [5.74, 6) is 5.22. The number of hydrogen-bond donors (Lipinski definition) is 1. The molecule has 0 aromatic heterocycles. The van der Waals surface area contributed by atoms with Crippen molar-refractivity contribution in [2.75, 3.05) is 0 Å². The van der Waals surface area contributed by atoms with E-state index in [1.54, 1.807) is 0 Å². The maximum Gasteiger partial charge on any atom is 0.197 e. The highest BCUT2D eigenvalue weighted by Gasteiger charge is 2.60. The molecule has 9 atom stereocenters. The fraction of sp³-hybridized carbons (Fsp3) is 0.923. The van der Waals surface area contributed by atoms with Crippen molar-refractivity contribution in [3.63, 3.8) is 0 Å². The van der Waals surface area contributed by atoms with Crippen molar-refractivity contribution in [2.24, 2.45) is 46.3 Å². The van der Waals surface area contributed by atoms with Crippen LogP contribution >= 0.6 is 12.3 Å². The van der Waals surface area contributed by atoms with E-state index in [4.69, 9.17) is 9.44 Å². The Balaban J connectivity index is 1.42. The van der Waals surface area contributed by atoms with E-state index in [9.17, 15) is 0 Å². The van der Waals surface area contributed by atoms with E-state index in [-0.39, 0.29) is 6.10 Å². The van der Waals surface area contributed by atoms with Gasteiger partial charge in [0.2, 0.25) is 0 Å². The molecule has 0 spiro atoms. The van der Waals surface area contributed by atoms with Gasteiger partial charge in [-0.1, -0.05) is 31.4 Å². The maximum atomic E-state index is 8.33. The quantitative estimate of drug-likeness (QED) is 0.133. The van der Waals surface area contributed by atoms with Crippen LogP contribution in [0.4, 0.5) is 0 Å². The Kier molecular flexibility index (Phi) is 7.50. The summed E-state index contributed by atoms with van der Waals surface area (Å²) in [6, 6.07) is 0. The molecule has 0 radical (unpaired) electrons. The van der Waals surface area contributed by atoms with Gasteiger partial charge in [0.25, 0.3) is 0 Å². The van der Waals surface area contributed by atoms with Crippen molar-refractivity contribution in [1.29, 1.82) is 0 Å². The minimum absolute atomic E-state index is 0.202. The highest BCUT2D eigenvalue weighted by molar-refractivity contribution is 7.89. The monoisotopic (exact) mass is 452 g/mol. The largest absolute Gasteiger partial charge is 0.286 e. The van der Waals surface area contributed by atoms with Crippen LogP contribution in [0, 0.1) is 46.3 Å². The van der Waals surface area contributed by atoms with Gasteiger partial charge in [-0.2, -0.15) is 0 Å². The zero-order valence-electron chi connectivity index (χ0n) is 20.1. The van der Waals surface area contributed by atoms with Gasteiger partial charge in [-0.25, -0.2) is 5.26 Å². The lowest BCUT2D eigenvalue weighted by Gasteiger charge is -2.61. The molecule has 0 saturated heterocycles. The van der Waals surface area contributed by atoms with E-state index in [2.05, 4.69) is 43.6 Å². The second-order valence-electron chi connectivity index (χ2n) is 12.1. The molecule has 4 aliphatic carbocycles. The smallest absolute Gasteiger partial charge is 0.197 e. The van der Waals surface area contributed by atoms with Crippen molar-refractivity contribution in [3.8, 4) is 0 Å². The lowest BCUT2D eigenvalue weighted by Crippen LogP contribution is -2.54. The van der Waals surface area contributed by atoms with Gasteiger partial charge in [-0.3, -0.25) is 4.18 Å². The molecule has 0 bridgehead atoms. The Hall–Kier alpha value is -0.0700. The second kappa shape index (κ2) is 9.66. The molecule has 0 aromatic carbocycles. The zero-order valence-corrected chi connectivity index (χ0v) is 20.9. The van der Waals surface area contributed by atoms with Crippen LogP contribution in [0.2, 0.25) is 0 Å². The molecular formula is C26H44O4S. The van der Waals surface area contributed by atoms with Gasteiger partial charge in [0.15, 0.2) is 12.3 Å². The highest BCUT2D eigenvalue weighted by Crippen LogP contribution is 2.68. The summed E-state index contributed by atoms with van der Waals surface area (Å²) in [4.78, 5) is 0. The number of rotatable bonds is 8. The minimum atomic E-state index is 0.202. The van der Waals surface area contributed by atoms with E-state index in [0.717, 1.165) is 60.7 Å². The second-order valence-corrected chi connectivity index (χ2v) is 12.5. The average Bonchev–Trinajstić information content (AvgIpc) is 3.09. The molecule has 4 saturated carbocycles. The lowest BCUT2D eigenvalue weighted by molar-refractivity contribution is -0.434. The first-order chi connectivity index (χ1) is 14.8. The number of hydrogen-bond acceptors (Lipinski definition) is 5. The molecule has 5 unspecified atom stereocenters. The van der Waals surface area contributed by atoms with Crippen molar-refractivity contribution in [1.82, 2.24) is 0 Å². The van der Waals surface area contributed by atoms with Crippen LogP contribution in [0.15, 0.2) is 12.2 Å². The van der Waals surface area contributed by atoms with Gasteiger partial charge in [0, 0.05) is 0 Å². The molecule has 0 aromatic rings. The van der Waals surface area contributed by atoms with Crippen LogP contribution < -0.4 is 0 Å². The van der Waals surface area contributed by atoms with Crippen LogP contribution in [0.3, 0.4) is 0 Å². The van der Waals surface area contributed by atoms with Crippen molar-refractivity contribution in [3.05, 3.63) is 12.2 Å². The molecular weight excluding hydrogens is 408 g/mol. The third kappa shape index (κ3) is 4.51. The summed E-state index contributed by atoms with van der Waals surface area (Å²) in [5, 5.41) is 12.0. The van der Waals surface area contributed by atoms with Crippen LogP contribution in [0.1, 0.15) is 98.3 Å². The van der Waals surface area contributed by atoms with Gasteiger partial charge in [0.1, 0.15) is 0 Å². The Morgan fingerprint density at radius 1 is 1.06 bits per heavy atom. The number of fused-ring (bicyclic) bond motifs is 5. The molecule has 4 aliphatic rings. The summed E-state index contributed by atoms with van der Waals surface area (Å²) in [7, 11) is 0. The minimum Gasteiger partial charge on any atom is -0.286 e. The summed E-state index contributed by atoms with van der Waals surface area (Å²) in [5.41, 5.74) is 2.36. The summed E-state index contributed by atoms with van der Waals surface area (Å²) in [6.07, 6.45) is 14.7. The zero-order chi connectivity index (χ0) is 22.2. The third-order valence-electron chi connectivity index (χ3n) is 10.6. The van der Waals surface area contributed by atoms with Crippen molar-refractivity contribution >= 4 is 12.3 Å². The first-order valence-corrected chi connectivity index (χ1v) is 13.4. The molecule has 0 amide bonds. The van der Waals surface area contributed by atoms with Crippen LogP contribution in [0.25, 0.3) is 0 Å². The Bertz CT molecular complexity index is 641. The highest BCUT2D eigenvalue weighted by atomic mass is 32.2. The fourth-order valence-corrected chi connectivity index (χ4v) is 9.38. The van der Waals surface area contributed by atoms with Crippen LogP contribution in [-0.4, -0.2) is 11.4 Å². The maximum absolute atomic E-state index is 8.33. The summed E-state index contributed by atoms with van der Waals surface area (Å²) < 4.78 is 10.2. The van der Waals surface area contributed by atoms with Gasteiger partial charge in [-0.15, -0.1) is 10.9 Å².